The maximum atomic E-state index is 11.0. The van der Waals surface area contributed by atoms with Crippen LogP contribution in [-0.4, -0.2) is 40.6 Å². The Bertz CT molecular complexity index is 591. The minimum atomic E-state index is -0.999. The van der Waals surface area contributed by atoms with Crippen LogP contribution in [0.25, 0.3) is 0 Å². The van der Waals surface area contributed by atoms with E-state index in [0.717, 1.165) is 44.5 Å². The molecule has 3 aliphatic heterocycles. The first-order valence-electron chi connectivity index (χ1n) is 7.04. The van der Waals surface area contributed by atoms with Crippen LogP contribution in [0.1, 0.15) is 41.0 Å². The molecule has 3 saturated heterocycles. The zero-order valence-corrected chi connectivity index (χ0v) is 11.6. The van der Waals surface area contributed by atoms with E-state index in [4.69, 9.17) is 5.11 Å². The fourth-order valence-corrected chi connectivity index (χ4v) is 3.07. The lowest BCUT2D eigenvalue weighted by Gasteiger charge is -2.45. The zero-order valence-electron chi connectivity index (χ0n) is 11.6. The molecule has 4 heteroatoms. The van der Waals surface area contributed by atoms with E-state index in [0.29, 0.717) is 5.69 Å². The molecule has 1 aromatic heterocycles. The number of nitrogens with zero attached hydrogens (tertiary/aromatic N) is 2. The van der Waals surface area contributed by atoms with Gasteiger partial charge in [-0.15, -0.1) is 0 Å². The zero-order chi connectivity index (χ0) is 14.2. The van der Waals surface area contributed by atoms with Gasteiger partial charge in [-0.25, -0.2) is 9.78 Å². The third-order valence-electron chi connectivity index (χ3n) is 4.36. The van der Waals surface area contributed by atoms with Crippen LogP contribution in [0, 0.1) is 24.2 Å². The quantitative estimate of drug-likeness (QED) is 0.792. The van der Waals surface area contributed by atoms with Crippen molar-refractivity contribution in [1.82, 2.24) is 9.88 Å². The van der Waals surface area contributed by atoms with Gasteiger partial charge in [-0.1, -0.05) is 11.8 Å². The standard InChI is InChI=1S/C16H18N2O2/c1-12-10-13(11-14(17-12)15(19)20)2-3-16-4-7-18(8-5-16)9-6-16/h10-11H,4-9H2,1H3,(H,19,20). The molecule has 0 radical (unpaired) electrons. The molecule has 0 aliphatic carbocycles. The highest BCUT2D eigenvalue weighted by Crippen LogP contribution is 2.39. The number of carboxylic acids is 1. The van der Waals surface area contributed by atoms with E-state index in [1.165, 1.54) is 0 Å². The third kappa shape index (κ3) is 2.54. The van der Waals surface area contributed by atoms with Crippen LogP contribution in [0.3, 0.4) is 0 Å². The Morgan fingerprint density at radius 2 is 1.95 bits per heavy atom. The summed E-state index contributed by atoms with van der Waals surface area (Å²) in [5.74, 6) is 5.63. The Hall–Kier alpha value is -1.86. The van der Waals surface area contributed by atoms with E-state index in [2.05, 4.69) is 21.7 Å². The van der Waals surface area contributed by atoms with Crippen molar-refractivity contribution in [2.45, 2.75) is 26.2 Å². The molecule has 0 unspecified atom stereocenters. The number of hydrogen-bond donors (Lipinski definition) is 1. The van der Waals surface area contributed by atoms with Gasteiger partial charge in [0.2, 0.25) is 0 Å². The summed E-state index contributed by atoms with van der Waals surface area (Å²) in [6.45, 7) is 5.23. The Kier molecular flexibility index (Phi) is 3.23. The Labute approximate surface area is 118 Å². The molecule has 4 rings (SSSR count). The topological polar surface area (TPSA) is 53.4 Å². The number of rotatable bonds is 1. The molecule has 4 heterocycles. The van der Waals surface area contributed by atoms with E-state index in [-0.39, 0.29) is 11.1 Å². The number of carboxylic acid groups (broad SMARTS) is 1. The number of piperidine rings is 3. The Morgan fingerprint density at radius 1 is 1.30 bits per heavy atom. The highest BCUT2D eigenvalue weighted by Gasteiger charge is 2.37. The van der Waals surface area contributed by atoms with Crippen molar-refractivity contribution in [3.8, 4) is 11.8 Å². The first-order valence-corrected chi connectivity index (χ1v) is 7.04. The summed E-state index contributed by atoms with van der Waals surface area (Å²) in [6, 6.07) is 3.42. The Balaban J connectivity index is 1.88. The van der Waals surface area contributed by atoms with Crippen molar-refractivity contribution in [1.29, 1.82) is 0 Å². The van der Waals surface area contributed by atoms with Crippen LogP contribution in [0.4, 0.5) is 0 Å². The highest BCUT2D eigenvalue weighted by atomic mass is 16.4. The molecule has 0 aromatic carbocycles. The number of aryl methyl sites for hydroxylation is 1. The smallest absolute Gasteiger partial charge is 0.354 e. The maximum Gasteiger partial charge on any atom is 0.354 e. The second-order valence-corrected chi connectivity index (χ2v) is 5.81. The van der Waals surface area contributed by atoms with Gasteiger partial charge >= 0.3 is 5.97 Å². The van der Waals surface area contributed by atoms with E-state index in [9.17, 15) is 4.79 Å². The van der Waals surface area contributed by atoms with Gasteiger partial charge < -0.3 is 10.0 Å². The minimum Gasteiger partial charge on any atom is -0.477 e. The lowest BCUT2D eigenvalue weighted by Crippen LogP contribution is -2.47. The van der Waals surface area contributed by atoms with E-state index < -0.39 is 5.97 Å². The van der Waals surface area contributed by atoms with E-state index >= 15 is 0 Å². The van der Waals surface area contributed by atoms with Gasteiger partial charge in [-0.05, 0) is 58.0 Å². The molecular formula is C16H18N2O2. The lowest BCUT2D eigenvalue weighted by molar-refractivity contribution is 0.0680. The summed E-state index contributed by atoms with van der Waals surface area (Å²) < 4.78 is 0. The summed E-state index contributed by atoms with van der Waals surface area (Å²) in [7, 11) is 0. The van der Waals surface area contributed by atoms with E-state index in [1.807, 2.05) is 6.07 Å². The molecule has 0 amide bonds. The van der Waals surface area contributed by atoms with Gasteiger partial charge in [0.05, 0.1) is 0 Å². The van der Waals surface area contributed by atoms with Crippen molar-refractivity contribution in [3.63, 3.8) is 0 Å². The van der Waals surface area contributed by atoms with Crippen molar-refractivity contribution >= 4 is 5.97 Å². The predicted molar refractivity (Wildman–Crippen MR) is 75.5 cm³/mol. The average Bonchev–Trinajstić information content (AvgIpc) is 2.47. The molecule has 1 aromatic rings. The van der Waals surface area contributed by atoms with Crippen molar-refractivity contribution < 1.29 is 9.90 Å². The molecule has 2 bridgehead atoms. The number of aromatic carboxylic acids is 1. The summed E-state index contributed by atoms with van der Waals surface area (Å²) in [6.07, 6.45) is 3.40. The molecule has 104 valence electrons. The maximum absolute atomic E-state index is 11.0. The first-order chi connectivity index (χ1) is 9.56. The van der Waals surface area contributed by atoms with Crippen molar-refractivity contribution in [2.75, 3.05) is 19.6 Å². The van der Waals surface area contributed by atoms with Crippen LogP contribution in [0.2, 0.25) is 0 Å². The summed E-state index contributed by atoms with van der Waals surface area (Å²) in [4.78, 5) is 17.5. The molecule has 0 atom stereocenters. The van der Waals surface area contributed by atoms with Crippen LogP contribution in [0.15, 0.2) is 12.1 Å². The minimum absolute atomic E-state index is 0.0743. The van der Waals surface area contributed by atoms with Crippen molar-refractivity contribution in [2.24, 2.45) is 5.41 Å². The predicted octanol–water partition coefficient (Wildman–Crippen LogP) is 1.93. The fourth-order valence-electron chi connectivity index (χ4n) is 3.07. The molecule has 20 heavy (non-hydrogen) atoms. The Morgan fingerprint density at radius 3 is 2.55 bits per heavy atom. The summed E-state index contributed by atoms with van der Waals surface area (Å²) in [5, 5.41) is 9.04. The first kappa shape index (κ1) is 13.1. The number of aromatic nitrogens is 1. The second kappa shape index (κ2) is 4.92. The largest absolute Gasteiger partial charge is 0.477 e. The van der Waals surface area contributed by atoms with Gasteiger partial charge in [0.1, 0.15) is 5.69 Å². The third-order valence-corrected chi connectivity index (χ3v) is 4.36. The molecular weight excluding hydrogens is 252 g/mol. The number of hydrogen-bond acceptors (Lipinski definition) is 3. The monoisotopic (exact) mass is 270 g/mol. The van der Waals surface area contributed by atoms with E-state index in [1.54, 1.807) is 13.0 Å². The number of carbonyl (C=O) groups is 1. The fraction of sp³-hybridized carbons (Fsp3) is 0.500. The lowest BCUT2D eigenvalue weighted by atomic mass is 9.72. The van der Waals surface area contributed by atoms with Gasteiger partial charge in [-0.2, -0.15) is 0 Å². The van der Waals surface area contributed by atoms with Crippen LogP contribution in [0.5, 0.6) is 0 Å². The molecule has 3 fully saturated rings. The molecule has 0 spiro atoms. The van der Waals surface area contributed by atoms with Gasteiger partial charge in [0.25, 0.3) is 0 Å². The molecule has 1 N–H and O–H groups in total. The van der Waals surface area contributed by atoms with Crippen LogP contribution < -0.4 is 0 Å². The van der Waals surface area contributed by atoms with Crippen LogP contribution in [-0.2, 0) is 0 Å². The van der Waals surface area contributed by atoms with Gasteiger partial charge in [0.15, 0.2) is 0 Å². The SMILES string of the molecule is Cc1cc(C#CC23CCN(CC2)CC3)cc(C(=O)O)n1. The number of pyridine rings is 1. The van der Waals surface area contributed by atoms with Crippen molar-refractivity contribution in [3.05, 3.63) is 29.1 Å². The highest BCUT2D eigenvalue weighted by molar-refractivity contribution is 5.85. The normalized spacial score (nSPS) is 27.8. The second-order valence-electron chi connectivity index (χ2n) is 5.81. The average molecular weight is 270 g/mol. The molecule has 3 aliphatic rings. The van der Waals surface area contributed by atoms with Gasteiger partial charge in [-0.3, -0.25) is 0 Å². The van der Waals surface area contributed by atoms with Gasteiger partial charge in [0, 0.05) is 16.7 Å². The molecule has 4 nitrogen and oxygen atoms in total. The number of fused-ring (bicyclic) bond motifs is 3. The molecule has 0 saturated carbocycles. The summed E-state index contributed by atoms with van der Waals surface area (Å²) in [5.41, 5.74) is 1.68. The summed E-state index contributed by atoms with van der Waals surface area (Å²) >= 11 is 0. The van der Waals surface area contributed by atoms with Crippen LogP contribution >= 0.6 is 0 Å².